The Morgan fingerprint density at radius 1 is 1.56 bits per heavy atom. The molecule has 0 radical (unpaired) electrons. The Hall–Kier alpha value is -0.720. The largest absolute Gasteiger partial charge is 0.404 e. The third-order valence-corrected chi connectivity index (χ3v) is 1.10. The molecule has 9 heavy (non-hydrogen) atoms. The Labute approximate surface area is 57.3 Å². The molecule has 0 bridgehead atoms. The Morgan fingerprint density at radius 2 is 2.22 bits per heavy atom. The number of nitrogens with two attached hydrogens (primary N) is 1. The maximum absolute atomic E-state index is 5.24. The van der Waals surface area contributed by atoms with Crippen LogP contribution in [0.4, 0.5) is 0 Å². The first-order valence-electron chi connectivity index (χ1n) is 3.36. The Kier molecular flexibility index (Phi) is 4.98. The highest BCUT2D eigenvalue weighted by molar-refractivity contribution is 5.13. The summed E-state index contributed by atoms with van der Waals surface area (Å²) in [4.78, 5) is 0. The zero-order valence-corrected chi connectivity index (χ0v) is 6.22. The van der Waals surface area contributed by atoms with E-state index >= 15 is 0 Å². The summed E-state index contributed by atoms with van der Waals surface area (Å²) in [5, 5.41) is 0. The van der Waals surface area contributed by atoms with Gasteiger partial charge in [-0.1, -0.05) is 25.5 Å². The summed E-state index contributed by atoms with van der Waals surface area (Å²) < 4.78 is 0. The number of allylic oxidation sites excluding steroid dienone is 3. The van der Waals surface area contributed by atoms with Gasteiger partial charge in [-0.3, -0.25) is 0 Å². The third-order valence-electron chi connectivity index (χ3n) is 1.10. The maximum atomic E-state index is 5.24. The van der Waals surface area contributed by atoms with Crippen molar-refractivity contribution in [1.82, 2.24) is 0 Å². The highest BCUT2D eigenvalue weighted by atomic mass is 14.5. The van der Waals surface area contributed by atoms with E-state index in [-0.39, 0.29) is 0 Å². The van der Waals surface area contributed by atoms with Crippen molar-refractivity contribution in [3.8, 4) is 0 Å². The van der Waals surface area contributed by atoms with Crippen molar-refractivity contribution < 1.29 is 0 Å². The van der Waals surface area contributed by atoms with Crippen LogP contribution in [0.3, 0.4) is 0 Å². The van der Waals surface area contributed by atoms with E-state index in [1.54, 1.807) is 6.20 Å². The fourth-order valence-electron chi connectivity index (χ4n) is 0.491. The number of hydrogen-bond acceptors (Lipinski definition) is 1. The molecule has 0 rings (SSSR count). The molecule has 0 saturated heterocycles. The molecule has 0 fully saturated rings. The summed E-state index contributed by atoms with van der Waals surface area (Å²) in [5.41, 5.74) is 6.37. The zero-order valence-electron chi connectivity index (χ0n) is 6.22. The van der Waals surface area contributed by atoms with Gasteiger partial charge in [0.1, 0.15) is 0 Å². The van der Waals surface area contributed by atoms with Crippen LogP contribution in [0, 0.1) is 0 Å². The van der Waals surface area contributed by atoms with Gasteiger partial charge in [-0.15, -0.1) is 0 Å². The SMILES string of the molecule is CCC/C=C\C(C)=C/N. The Balaban J connectivity index is 3.45. The predicted molar refractivity (Wildman–Crippen MR) is 42.0 cm³/mol. The van der Waals surface area contributed by atoms with Gasteiger partial charge >= 0.3 is 0 Å². The van der Waals surface area contributed by atoms with Crippen LogP contribution in [0.5, 0.6) is 0 Å². The van der Waals surface area contributed by atoms with Crippen LogP contribution in [0.2, 0.25) is 0 Å². The molecule has 0 spiro atoms. The van der Waals surface area contributed by atoms with Gasteiger partial charge in [0.15, 0.2) is 0 Å². The van der Waals surface area contributed by atoms with Crippen LogP contribution in [0.1, 0.15) is 26.7 Å². The van der Waals surface area contributed by atoms with Crippen LogP contribution in [-0.4, -0.2) is 0 Å². The quantitative estimate of drug-likeness (QED) is 0.575. The highest BCUT2D eigenvalue weighted by Gasteiger charge is 1.75. The van der Waals surface area contributed by atoms with Crippen LogP contribution in [0.25, 0.3) is 0 Å². The van der Waals surface area contributed by atoms with E-state index < -0.39 is 0 Å². The predicted octanol–water partition coefficient (Wildman–Crippen LogP) is 2.21. The molecule has 52 valence electrons. The standard InChI is InChI=1S/C8H15N/c1-3-4-5-6-8(2)7-9/h5-7H,3-4,9H2,1-2H3/b6-5-,8-7-. The van der Waals surface area contributed by atoms with Gasteiger partial charge in [-0.05, 0) is 25.1 Å². The van der Waals surface area contributed by atoms with E-state index in [1.807, 2.05) is 13.0 Å². The molecular weight excluding hydrogens is 110 g/mol. The average Bonchev–Trinajstić information content (AvgIpc) is 1.89. The summed E-state index contributed by atoms with van der Waals surface area (Å²) in [7, 11) is 0. The Morgan fingerprint density at radius 3 is 2.67 bits per heavy atom. The summed E-state index contributed by atoms with van der Waals surface area (Å²) in [6, 6.07) is 0. The minimum absolute atomic E-state index is 1.13. The zero-order chi connectivity index (χ0) is 7.11. The van der Waals surface area contributed by atoms with Gasteiger partial charge < -0.3 is 5.73 Å². The first kappa shape index (κ1) is 8.28. The van der Waals surface area contributed by atoms with Crippen molar-refractivity contribution in [3.63, 3.8) is 0 Å². The smallest absolute Gasteiger partial charge is 0.00327 e. The molecule has 0 heterocycles. The fourth-order valence-corrected chi connectivity index (χ4v) is 0.491. The van der Waals surface area contributed by atoms with Crippen LogP contribution in [-0.2, 0) is 0 Å². The molecule has 0 atom stereocenters. The van der Waals surface area contributed by atoms with Gasteiger partial charge in [0, 0.05) is 0 Å². The van der Waals surface area contributed by atoms with Gasteiger partial charge in [0.25, 0.3) is 0 Å². The lowest BCUT2D eigenvalue weighted by molar-refractivity contribution is 0.957. The molecule has 1 heteroatoms. The van der Waals surface area contributed by atoms with Gasteiger partial charge in [0.2, 0.25) is 0 Å². The van der Waals surface area contributed by atoms with Crippen molar-refractivity contribution in [1.29, 1.82) is 0 Å². The molecule has 2 N–H and O–H groups in total. The first-order chi connectivity index (χ1) is 4.31. The van der Waals surface area contributed by atoms with Gasteiger partial charge in [0.05, 0.1) is 0 Å². The summed E-state index contributed by atoms with van der Waals surface area (Å²) in [5.74, 6) is 0. The summed E-state index contributed by atoms with van der Waals surface area (Å²) in [6.45, 7) is 4.15. The highest BCUT2D eigenvalue weighted by Crippen LogP contribution is 1.94. The average molecular weight is 125 g/mol. The third kappa shape index (κ3) is 5.15. The van der Waals surface area contributed by atoms with Crippen molar-refractivity contribution in [2.45, 2.75) is 26.7 Å². The monoisotopic (exact) mass is 125 g/mol. The fraction of sp³-hybridized carbons (Fsp3) is 0.500. The molecule has 0 aliphatic rings. The van der Waals surface area contributed by atoms with Gasteiger partial charge in [-0.2, -0.15) is 0 Å². The van der Waals surface area contributed by atoms with E-state index in [9.17, 15) is 0 Å². The van der Waals surface area contributed by atoms with Crippen molar-refractivity contribution in [3.05, 3.63) is 23.9 Å². The molecule has 0 aromatic rings. The second kappa shape index (κ2) is 5.42. The number of unbranched alkanes of at least 4 members (excludes halogenated alkanes) is 1. The van der Waals surface area contributed by atoms with E-state index in [4.69, 9.17) is 5.73 Å². The Bertz CT molecular complexity index is 112. The van der Waals surface area contributed by atoms with Gasteiger partial charge in [-0.25, -0.2) is 0 Å². The second-order valence-corrected chi connectivity index (χ2v) is 2.10. The molecule has 0 aliphatic carbocycles. The summed E-state index contributed by atoms with van der Waals surface area (Å²) >= 11 is 0. The molecule has 0 saturated carbocycles. The lowest BCUT2D eigenvalue weighted by Gasteiger charge is -1.86. The molecule has 0 unspecified atom stereocenters. The molecule has 0 amide bonds. The molecular formula is C8H15N. The van der Waals surface area contributed by atoms with E-state index in [1.165, 1.54) is 6.42 Å². The van der Waals surface area contributed by atoms with Crippen molar-refractivity contribution >= 4 is 0 Å². The van der Waals surface area contributed by atoms with Crippen LogP contribution < -0.4 is 5.73 Å². The lowest BCUT2D eigenvalue weighted by Crippen LogP contribution is -1.79. The topological polar surface area (TPSA) is 26.0 Å². The molecule has 0 aliphatic heterocycles. The second-order valence-electron chi connectivity index (χ2n) is 2.10. The van der Waals surface area contributed by atoms with E-state index in [2.05, 4.69) is 13.0 Å². The number of hydrogen-bond donors (Lipinski definition) is 1. The first-order valence-corrected chi connectivity index (χ1v) is 3.36. The molecule has 0 aromatic heterocycles. The van der Waals surface area contributed by atoms with E-state index in [0.717, 1.165) is 12.0 Å². The van der Waals surface area contributed by atoms with Crippen molar-refractivity contribution in [2.24, 2.45) is 5.73 Å². The normalized spacial score (nSPS) is 12.9. The minimum Gasteiger partial charge on any atom is -0.404 e. The number of rotatable bonds is 3. The summed E-state index contributed by atoms with van der Waals surface area (Å²) in [6.07, 6.45) is 8.15. The molecule has 0 aromatic carbocycles. The molecule has 1 nitrogen and oxygen atoms in total. The van der Waals surface area contributed by atoms with Crippen LogP contribution in [0.15, 0.2) is 23.9 Å². The van der Waals surface area contributed by atoms with Crippen LogP contribution >= 0.6 is 0 Å². The van der Waals surface area contributed by atoms with E-state index in [0.29, 0.717) is 0 Å². The minimum atomic E-state index is 1.13. The van der Waals surface area contributed by atoms with Crippen molar-refractivity contribution in [2.75, 3.05) is 0 Å². The maximum Gasteiger partial charge on any atom is -0.00327 e. The lowest BCUT2D eigenvalue weighted by atomic mass is 10.2.